The van der Waals surface area contributed by atoms with Gasteiger partial charge in [-0.05, 0) is 91.2 Å². The van der Waals surface area contributed by atoms with Crippen LogP contribution in [0.15, 0.2) is 86.2 Å². The van der Waals surface area contributed by atoms with Gasteiger partial charge in [-0.15, -0.1) is 0 Å². The number of allylic oxidation sites excluding steroid dienone is 1. The molecule has 1 aliphatic rings. The first kappa shape index (κ1) is 32.5. The van der Waals surface area contributed by atoms with Crippen LogP contribution in [0.1, 0.15) is 50.4 Å². The van der Waals surface area contributed by atoms with E-state index in [2.05, 4.69) is 20.9 Å². The number of rotatable bonds is 10. The van der Waals surface area contributed by atoms with Crippen LogP contribution in [0.4, 0.5) is 0 Å². The topological polar surface area (TPSA) is 88.4 Å². The first-order valence-corrected chi connectivity index (χ1v) is 16.3. The number of halogens is 2. The lowest BCUT2D eigenvalue weighted by Gasteiger charge is -2.26. The van der Waals surface area contributed by atoms with Crippen LogP contribution in [0.3, 0.4) is 0 Å². The van der Waals surface area contributed by atoms with E-state index < -0.39 is 12.0 Å². The minimum atomic E-state index is -0.790. The zero-order valence-corrected chi connectivity index (χ0v) is 28.6. The normalized spacial score (nSPS) is 14.7. The van der Waals surface area contributed by atoms with Crippen LogP contribution in [-0.2, 0) is 16.1 Å². The summed E-state index contributed by atoms with van der Waals surface area (Å²) in [6.45, 7) is 7.86. The summed E-state index contributed by atoms with van der Waals surface area (Å²) >= 11 is 10.9. The van der Waals surface area contributed by atoms with E-state index in [1.54, 1.807) is 37.7 Å². The molecule has 3 aromatic carbocycles. The van der Waals surface area contributed by atoms with Crippen molar-refractivity contribution in [3.63, 3.8) is 0 Å². The smallest absolute Gasteiger partial charge is 0.338 e. The fraction of sp³-hybridized carbons (Fsp3) is 0.265. The molecule has 0 amide bonds. The molecular formula is C34H32BrClN2O6S. The Morgan fingerprint density at radius 2 is 1.87 bits per heavy atom. The Morgan fingerprint density at radius 3 is 2.56 bits per heavy atom. The summed E-state index contributed by atoms with van der Waals surface area (Å²) in [4.78, 5) is 32.6. The minimum Gasteiger partial charge on any atom is -0.493 e. The average Bonchev–Trinajstić information content (AvgIpc) is 3.30. The van der Waals surface area contributed by atoms with Gasteiger partial charge in [0.05, 0.1) is 40.1 Å². The fourth-order valence-corrected chi connectivity index (χ4v) is 6.75. The number of carbonyl (C=O) groups is 1. The third kappa shape index (κ3) is 7.03. The quantitative estimate of drug-likeness (QED) is 0.173. The molecule has 0 unspecified atom stereocenters. The molecule has 0 fully saturated rings. The molecule has 8 nitrogen and oxygen atoms in total. The monoisotopic (exact) mass is 710 g/mol. The van der Waals surface area contributed by atoms with Gasteiger partial charge in [0.15, 0.2) is 16.3 Å². The van der Waals surface area contributed by atoms with E-state index in [1.165, 1.54) is 11.3 Å². The molecule has 1 aliphatic heterocycles. The summed E-state index contributed by atoms with van der Waals surface area (Å²) < 4.78 is 25.9. The Hall–Kier alpha value is -3.86. The Bertz CT molecular complexity index is 1950. The highest BCUT2D eigenvalue weighted by Crippen LogP contribution is 2.38. The standard InChI is InChI=1S/C34H32BrClN2O6S/c1-6-42-33(40)29-20(4)37-34-38(30(29)24-9-7-8-10-26(24)44-19(2)3)32(39)28(45-34)17-22-15-25(35)31(27(16-22)41-5)43-18-21-11-13-23(36)14-12-21/h7-17,19,30H,6,18H2,1-5H3/b28-17+/t30-/m1/s1. The number of benzene rings is 3. The molecule has 1 aromatic heterocycles. The van der Waals surface area contributed by atoms with E-state index in [0.717, 1.165) is 5.56 Å². The summed E-state index contributed by atoms with van der Waals surface area (Å²) in [5.41, 5.74) is 2.81. The molecule has 0 aliphatic carbocycles. The van der Waals surface area contributed by atoms with Crippen LogP contribution in [0, 0.1) is 0 Å². The molecule has 4 aromatic rings. The number of esters is 1. The second-order valence-electron chi connectivity index (χ2n) is 10.5. The van der Waals surface area contributed by atoms with E-state index in [0.29, 0.717) is 65.1 Å². The van der Waals surface area contributed by atoms with Gasteiger partial charge < -0.3 is 18.9 Å². The maximum atomic E-state index is 14.1. The van der Waals surface area contributed by atoms with Crippen LogP contribution in [-0.4, -0.2) is 30.4 Å². The summed E-state index contributed by atoms with van der Waals surface area (Å²) in [7, 11) is 1.56. The zero-order valence-electron chi connectivity index (χ0n) is 25.4. The predicted octanol–water partition coefficient (Wildman–Crippen LogP) is 6.59. The van der Waals surface area contributed by atoms with Gasteiger partial charge in [-0.25, -0.2) is 9.79 Å². The highest BCUT2D eigenvalue weighted by Gasteiger charge is 2.35. The second kappa shape index (κ2) is 14.1. The van der Waals surface area contributed by atoms with Gasteiger partial charge in [-0.2, -0.15) is 0 Å². The molecule has 2 heterocycles. The highest BCUT2D eigenvalue weighted by atomic mass is 79.9. The van der Waals surface area contributed by atoms with Crippen LogP contribution >= 0.6 is 38.9 Å². The minimum absolute atomic E-state index is 0.121. The predicted molar refractivity (Wildman–Crippen MR) is 179 cm³/mol. The van der Waals surface area contributed by atoms with Crippen molar-refractivity contribution in [3.8, 4) is 17.2 Å². The average molecular weight is 712 g/mol. The van der Waals surface area contributed by atoms with E-state index in [-0.39, 0.29) is 18.3 Å². The summed E-state index contributed by atoms with van der Waals surface area (Å²) in [5, 5.41) is 0.652. The Kier molecular flexibility index (Phi) is 10.2. The third-order valence-electron chi connectivity index (χ3n) is 6.94. The molecule has 11 heteroatoms. The largest absolute Gasteiger partial charge is 0.493 e. The Morgan fingerprint density at radius 1 is 1.13 bits per heavy atom. The number of fused-ring (bicyclic) bond motifs is 1. The van der Waals surface area contributed by atoms with Gasteiger partial charge >= 0.3 is 5.97 Å². The first-order chi connectivity index (χ1) is 21.6. The van der Waals surface area contributed by atoms with E-state index >= 15 is 0 Å². The van der Waals surface area contributed by atoms with E-state index in [4.69, 9.17) is 30.5 Å². The van der Waals surface area contributed by atoms with E-state index in [1.807, 2.05) is 68.4 Å². The lowest BCUT2D eigenvalue weighted by Crippen LogP contribution is -2.40. The first-order valence-electron chi connectivity index (χ1n) is 14.3. The maximum Gasteiger partial charge on any atom is 0.338 e. The van der Waals surface area contributed by atoms with Gasteiger partial charge in [0.1, 0.15) is 18.4 Å². The SMILES string of the molecule is CCOC(=O)C1=C(C)N=c2s/c(=C/c3cc(Br)c(OCc4ccc(Cl)cc4)c(OC)c3)c(=O)n2[C@@H]1c1ccccc1OC(C)C. The van der Waals surface area contributed by atoms with Crippen LogP contribution in [0.5, 0.6) is 17.2 Å². The van der Waals surface area contributed by atoms with Gasteiger partial charge in [-0.3, -0.25) is 9.36 Å². The van der Waals surface area contributed by atoms with Crippen molar-refractivity contribution in [2.24, 2.45) is 4.99 Å². The van der Waals surface area contributed by atoms with Crippen molar-refractivity contribution in [2.45, 2.75) is 46.4 Å². The second-order valence-corrected chi connectivity index (χ2v) is 12.8. The van der Waals surface area contributed by atoms with Gasteiger partial charge in [-0.1, -0.05) is 53.3 Å². The number of para-hydroxylation sites is 1. The number of carbonyl (C=O) groups excluding carboxylic acids is 1. The molecule has 0 saturated heterocycles. The van der Waals surface area contributed by atoms with Crippen LogP contribution in [0.25, 0.3) is 6.08 Å². The molecule has 0 radical (unpaired) electrons. The molecule has 0 bridgehead atoms. The molecule has 5 rings (SSSR count). The van der Waals surface area contributed by atoms with Crippen LogP contribution < -0.4 is 29.1 Å². The number of hydrogen-bond donors (Lipinski definition) is 0. The highest BCUT2D eigenvalue weighted by molar-refractivity contribution is 9.10. The summed E-state index contributed by atoms with van der Waals surface area (Å²) in [6.07, 6.45) is 1.65. The van der Waals surface area contributed by atoms with Gasteiger partial charge in [0, 0.05) is 10.6 Å². The lowest BCUT2D eigenvalue weighted by molar-refractivity contribution is -0.139. The van der Waals surface area contributed by atoms with Crippen molar-refractivity contribution in [1.29, 1.82) is 0 Å². The van der Waals surface area contributed by atoms with Gasteiger partial charge in [0.25, 0.3) is 5.56 Å². The van der Waals surface area contributed by atoms with Crippen molar-refractivity contribution >= 4 is 50.9 Å². The molecule has 0 spiro atoms. The molecule has 0 saturated carbocycles. The van der Waals surface area contributed by atoms with Crippen molar-refractivity contribution in [3.05, 3.63) is 118 Å². The lowest BCUT2D eigenvalue weighted by atomic mass is 9.95. The molecule has 0 N–H and O–H groups in total. The van der Waals surface area contributed by atoms with Crippen molar-refractivity contribution in [1.82, 2.24) is 4.57 Å². The van der Waals surface area contributed by atoms with Crippen molar-refractivity contribution in [2.75, 3.05) is 13.7 Å². The van der Waals surface area contributed by atoms with Gasteiger partial charge in [0.2, 0.25) is 0 Å². The maximum absolute atomic E-state index is 14.1. The molecule has 1 atom stereocenters. The van der Waals surface area contributed by atoms with Crippen LogP contribution in [0.2, 0.25) is 5.02 Å². The number of ether oxygens (including phenoxy) is 4. The number of thiazole rings is 1. The molecule has 234 valence electrons. The molecular weight excluding hydrogens is 680 g/mol. The van der Waals surface area contributed by atoms with E-state index in [9.17, 15) is 9.59 Å². The number of aromatic nitrogens is 1. The number of hydrogen-bond acceptors (Lipinski definition) is 8. The number of nitrogens with zero attached hydrogens (tertiary/aromatic N) is 2. The Balaban J connectivity index is 1.60. The molecule has 45 heavy (non-hydrogen) atoms. The third-order valence-corrected chi connectivity index (χ3v) is 8.76. The number of methoxy groups -OCH3 is 1. The summed E-state index contributed by atoms with van der Waals surface area (Å²) in [5.74, 6) is 1.07. The fourth-order valence-electron chi connectivity index (χ4n) is 5.00. The summed E-state index contributed by atoms with van der Waals surface area (Å²) in [6, 6.07) is 17.7. The Labute approximate surface area is 278 Å². The van der Waals surface area contributed by atoms with Crippen molar-refractivity contribution < 1.29 is 23.7 Å². The zero-order chi connectivity index (χ0) is 32.2.